The fourth-order valence-electron chi connectivity index (χ4n) is 3.27. The van der Waals surface area contributed by atoms with Crippen LogP contribution in [0.3, 0.4) is 0 Å². The molecule has 1 amide bonds. The van der Waals surface area contributed by atoms with Gasteiger partial charge in [0.15, 0.2) is 5.15 Å². The van der Waals surface area contributed by atoms with Crippen LogP contribution in [0, 0.1) is 6.92 Å². The molecule has 1 aromatic heterocycles. The molecule has 1 heterocycles. The van der Waals surface area contributed by atoms with Crippen molar-refractivity contribution in [1.29, 1.82) is 0 Å². The van der Waals surface area contributed by atoms with Gasteiger partial charge < -0.3 is 9.57 Å². The first-order chi connectivity index (χ1) is 15.0. The van der Waals surface area contributed by atoms with E-state index < -0.39 is 6.09 Å². The molecule has 1 N–H and O–H groups in total. The molecule has 0 bridgehead atoms. The predicted molar refractivity (Wildman–Crippen MR) is 122 cm³/mol. The van der Waals surface area contributed by atoms with Crippen LogP contribution in [0.5, 0.6) is 11.6 Å². The first kappa shape index (κ1) is 23.3. The third kappa shape index (κ3) is 6.80. The molecular formula is C23H31ClN4O3. The van der Waals surface area contributed by atoms with Crippen LogP contribution >= 0.6 is 11.6 Å². The molecule has 3 rings (SSSR count). The summed E-state index contributed by atoms with van der Waals surface area (Å²) in [5, 5.41) is 12.6. The second kappa shape index (κ2) is 11.3. The third-order valence-corrected chi connectivity index (χ3v) is 5.34. The largest absolute Gasteiger partial charge is 0.435 e. The van der Waals surface area contributed by atoms with Crippen molar-refractivity contribution in [2.75, 3.05) is 18.4 Å². The molecule has 2 aromatic rings. The lowest BCUT2D eigenvalue weighted by atomic mass is 10.1. The van der Waals surface area contributed by atoms with Gasteiger partial charge in [-0.25, -0.2) is 4.79 Å². The first-order valence-electron chi connectivity index (χ1n) is 11.1. The van der Waals surface area contributed by atoms with E-state index in [0.717, 1.165) is 55.4 Å². The lowest BCUT2D eigenvalue weighted by Gasteiger charge is -2.21. The zero-order chi connectivity index (χ0) is 22.2. The second-order valence-electron chi connectivity index (χ2n) is 7.90. The van der Waals surface area contributed by atoms with Crippen molar-refractivity contribution in [2.45, 2.75) is 65.2 Å². The van der Waals surface area contributed by atoms with Gasteiger partial charge in [-0.1, -0.05) is 56.5 Å². The molecule has 1 aliphatic carbocycles. The number of rotatable bonds is 11. The van der Waals surface area contributed by atoms with E-state index in [1.165, 1.54) is 6.07 Å². The van der Waals surface area contributed by atoms with Crippen molar-refractivity contribution >= 4 is 23.4 Å². The molecule has 0 saturated heterocycles. The van der Waals surface area contributed by atoms with E-state index in [1.807, 2.05) is 19.1 Å². The summed E-state index contributed by atoms with van der Waals surface area (Å²) in [6.07, 6.45) is 5.64. The first-order valence-corrected chi connectivity index (χ1v) is 11.4. The number of nitrogens with zero attached hydrogens (tertiary/aromatic N) is 3. The van der Waals surface area contributed by atoms with Crippen molar-refractivity contribution in [3.8, 4) is 11.6 Å². The Bertz CT molecular complexity index is 881. The van der Waals surface area contributed by atoms with Crippen LogP contribution in [-0.4, -0.2) is 34.4 Å². The molecule has 0 unspecified atom stereocenters. The van der Waals surface area contributed by atoms with Crippen molar-refractivity contribution < 1.29 is 14.4 Å². The summed E-state index contributed by atoms with van der Waals surface area (Å²) in [7, 11) is 0. The van der Waals surface area contributed by atoms with Gasteiger partial charge in [0, 0.05) is 19.2 Å². The number of para-hydroxylation sites is 1. The summed E-state index contributed by atoms with van der Waals surface area (Å²) in [6.45, 7) is 7.58. The topological polar surface area (TPSA) is 76.6 Å². The van der Waals surface area contributed by atoms with Crippen LogP contribution in [0.25, 0.3) is 0 Å². The highest BCUT2D eigenvalue weighted by Gasteiger charge is 2.28. The molecule has 0 aliphatic heterocycles. The van der Waals surface area contributed by atoms with Gasteiger partial charge in [0.05, 0.1) is 0 Å². The number of hydrogen-bond acceptors (Lipinski definition) is 6. The Labute approximate surface area is 189 Å². The number of unbranched alkanes of at least 4 members (excludes halogenated alkanes) is 2. The summed E-state index contributed by atoms with van der Waals surface area (Å²) in [6, 6.07) is 7.61. The average Bonchev–Trinajstić information content (AvgIpc) is 3.58. The lowest BCUT2D eigenvalue weighted by Crippen LogP contribution is -2.31. The minimum absolute atomic E-state index is 0.156. The Morgan fingerprint density at radius 2 is 1.90 bits per heavy atom. The number of benzene rings is 1. The highest BCUT2D eigenvalue weighted by atomic mass is 35.5. The quantitative estimate of drug-likeness (QED) is 0.398. The summed E-state index contributed by atoms with van der Waals surface area (Å²) in [5.41, 5.74) is 2.47. The Morgan fingerprint density at radius 1 is 1.19 bits per heavy atom. The normalized spacial score (nSPS) is 13.3. The van der Waals surface area contributed by atoms with Gasteiger partial charge in [0.1, 0.15) is 11.4 Å². The van der Waals surface area contributed by atoms with Crippen molar-refractivity contribution in [1.82, 2.24) is 15.3 Å². The number of carbonyl (C=O) groups excluding carboxylic acids is 1. The van der Waals surface area contributed by atoms with E-state index in [-0.39, 0.29) is 11.0 Å². The van der Waals surface area contributed by atoms with Crippen LogP contribution in [0.15, 0.2) is 24.3 Å². The zero-order valence-corrected chi connectivity index (χ0v) is 19.2. The molecule has 31 heavy (non-hydrogen) atoms. The van der Waals surface area contributed by atoms with Crippen LogP contribution in [0.2, 0.25) is 5.15 Å². The fraction of sp³-hybridized carbons (Fsp3) is 0.522. The maximum Gasteiger partial charge on any atom is 0.430 e. The van der Waals surface area contributed by atoms with E-state index in [9.17, 15) is 4.79 Å². The molecular weight excluding hydrogens is 416 g/mol. The number of aryl methyl sites for hydroxylation is 1. The number of ether oxygens (including phenoxy) is 1. The summed E-state index contributed by atoms with van der Waals surface area (Å²) >= 11 is 6.04. The van der Waals surface area contributed by atoms with Gasteiger partial charge in [-0.3, -0.25) is 5.32 Å². The van der Waals surface area contributed by atoms with Crippen LogP contribution < -0.4 is 10.1 Å². The Hall–Kier alpha value is -2.38. The number of aromatic nitrogens is 2. The van der Waals surface area contributed by atoms with Gasteiger partial charge in [-0.15, -0.1) is 15.3 Å². The summed E-state index contributed by atoms with van der Waals surface area (Å²) in [5.74, 6) is 1.44. The maximum absolute atomic E-state index is 12.6. The van der Waals surface area contributed by atoms with Crippen molar-refractivity contribution in [2.24, 2.45) is 0 Å². The van der Waals surface area contributed by atoms with Crippen LogP contribution in [-0.2, 0) is 4.84 Å². The molecule has 0 atom stereocenters. The van der Waals surface area contributed by atoms with E-state index in [0.29, 0.717) is 24.7 Å². The number of anilines is 1. The predicted octanol–water partition coefficient (Wildman–Crippen LogP) is 6.47. The maximum atomic E-state index is 12.6. The molecule has 1 saturated carbocycles. The standard InChI is InChI=1S/C23H31ClN4O3/c1-4-6-13-28(14-7-5-2)31-23(29)25-19-15-20(24)26-27-22(19)30-21-16(3)9-8-10-18(21)17-11-12-17/h8-10,15,17H,4-7,11-14H2,1-3H3,(H,25,26,29). The van der Waals surface area contributed by atoms with Gasteiger partial charge in [-0.05, 0) is 49.7 Å². The minimum Gasteiger partial charge on any atom is -0.435 e. The summed E-state index contributed by atoms with van der Waals surface area (Å²) in [4.78, 5) is 18.1. The number of carbonyl (C=O) groups is 1. The van der Waals surface area contributed by atoms with E-state index in [4.69, 9.17) is 21.2 Å². The number of hydrogen-bond donors (Lipinski definition) is 1. The van der Waals surface area contributed by atoms with Gasteiger partial charge in [-0.2, -0.15) is 0 Å². The number of amides is 1. The van der Waals surface area contributed by atoms with Crippen LogP contribution in [0.1, 0.15) is 69.4 Å². The Balaban J connectivity index is 1.75. The molecule has 1 aromatic carbocycles. The number of halogens is 1. The molecule has 8 heteroatoms. The SMILES string of the molecule is CCCCN(CCCC)OC(=O)Nc1cc(Cl)nnc1Oc1c(C)cccc1C1CC1. The van der Waals surface area contributed by atoms with Crippen molar-refractivity contribution in [3.05, 3.63) is 40.5 Å². The number of nitrogens with one attached hydrogen (secondary N) is 1. The van der Waals surface area contributed by atoms with Gasteiger partial charge in [0.2, 0.25) is 0 Å². The highest BCUT2D eigenvalue weighted by Crippen LogP contribution is 2.46. The van der Waals surface area contributed by atoms with Crippen molar-refractivity contribution in [3.63, 3.8) is 0 Å². The Kier molecular flexibility index (Phi) is 8.49. The molecule has 0 spiro atoms. The van der Waals surface area contributed by atoms with Gasteiger partial charge >= 0.3 is 6.09 Å². The van der Waals surface area contributed by atoms with E-state index >= 15 is 0 Å². The summed E-state index contributed by atoms with van der Waals surface area (Å²) < 4.78 is 6.15. The van der Waals surface area contributed by atoms with E-state index in [2.05, 4.69) is 35.4 Å². The lowest BCUT2D eigenvalue weighted by molar-refractivity contribution is -0.0952. The number of hydroxylamine groups is 2. The van der Waals surface area contributed by atoms with E-state index in [1.54, 1.807) is 5.06 Å². The zero-order valence-electron chi connectivity index (χ0n) is 18.5. The highest BCUT2D eigenvalue weighted by molar-refractivity contribution is 6.29. The van der Waals surface area contributed by atoms with Crippen LogP contribution in [0.4, 0.5) is 10.5 Å². The van der Waals surface area contributed by atoms with Gasteiger partial charge in [0.25, 0.3) is 5.88 Å². The third-order valence-electron chi connectivity index (χ3n) is 5.16. The smallest absolute Gasteiger partial charge is 0.430 e. The fourth-order valence-corrected chi connectivity index (χ4v) is 3.42. The average molecular weight is 447 g/mol. The minimum atomic E-state index is -0.603. The molecule has 7 nitrogen and oxygen atoms in total. The molecule has 0 radical (unpaired) electrons. The monoisotopic (exact) mass is 446 g/mol. The second-order valence-corrected chi connectivity index (χ2v) is 8.28. The molecule has 1 aliphatic rings. The molecule has 168 valence electrons. The Morgan fingerprint density at radius 3 is 2.55 bits per heavy atom. The molecule has 1 fully saturated rings.